The molecule has 1 fully saturated rings. The van der Waals surface area contributed by atoms with E-state index in [1.54, 1.807) is 38.4 Å². The summed E-state index contributed by atoms with van der Waals surface area (Å²) in [5, 5.41) is 6.48. The molecule has 0 spiro atoms. The van der Waals surface area contributed by atoms with Crippen molar-refractivity contribution >= 4 is 11.6 Å². The van der Waals surface area contributed by atoms with Gasteiger partial charge < -0.3 is 15.4 Å². The molecule has 1 aliphatic rings. The number of halogens is 2. The monoisotopic (exact) mass is 388 g/mol. The molecule has 0 unspecified atom stereocenters. The van der Waals surface area contributed by atoms with E-state index in [9.17, 15) is 8.78 Å². The molecule has 3 rings (SSSR count). The van der Waals surface area contributed by atoms with Crippen molar-refractivity contribution in [1.82, 2.24) is 10.3 Å². The van der Waals surface area contributed by atoms with Crippen LogP contribution in [0.1, 0.15) is 42.9 Å². The van der Waals surface area contributed by atoms with Crippen molar-refractivity contribution in [1.29, 1.82) is 0 Å². The summed E-state index contributed by atoms with van der Waals surface area (Å²) < 4.78 is 33.1. The van der Waals surface area contributed by atoms with Crippen LogP contribution >= 0.6 is 0 Å². The number of benzene rings is 1. The average Bonchev–Trinajstić information content (AvgIpc) is 2.70. The average molecular weight is 388 g/mol. The first-order chi connectivity index (χ1) is 13.5. The number of nitrogens with one attached hydrogen (secondary N) is 2. The summed E-state index contributed by atoms with van der Waals surface area (Å²) in [6.07, 6.45) is 5.28. The molecule has 5 nitrogen and oxygen atoms in total. The highest BCUT2D eigenvalue weighted by molar-refractivity contribution is 5.93. The Morgan fingerprint density at radius 1 is 1.18 bits per heavy atom. The first-order valence-corrected chi connectivity index (χ1v) is 9.46. The molecular weight excluding hydrogens is 362 g/mol. The van der Waals surface area contributed by atoms with E-state index < -0.39 is 5.82 Å². The van der Waals surface area contributed by atoms with Crippen molar-refractivity contribution in [3.63, 3.8) is 0 Å². The third-order valence-electron chi connectivity index (χ3n) is 5.24. The summed E-state index contributed by atoms with van der Waals surface area (Å²) in [6, 6.07) is 6.70. The third-order valence-corrected chi connectivity index (χ3v) is 5.24. The summed E-state index contributed by atoms with van der Waals surface area (Å²) >= 11 is 0. The van der Waals surface area contributed by atoms with Crippen LogP contribution in [0.25, 0.3) is 0 Å². The second-order valence-corrected chi connectivity index (χ2v) is 7.04. The topological polar surface area (TPSA) is 58.5 Å². The fourth-order valence-corrected chi connectivity index (χ4v) is 3.66. The largest absolute Gasteiger partial charge is 0.494 e. The second kappa shape index (κ2) is 8.99. The van der Waals surface area contributed by atoms with Gasteiger partial charge in [-0.05, 0) is 62.3 Å². The maximum atomic E-state index is 14.3. The van der Waals surface area contributed by atoms with Crippen LogP contribution in [0, 0.1) is 18.6 Å². The number of aryl methyl sites for hydroxylation is 1. The summed E-state index contributed by atoms with van der Waals surface area (Å²) in [5.41, 5.74) is 1.81. The number of hydrogen-bond donors (Lipinski definition) is 2. The summed E-state index contributed by atoms with van der Waals surface area (Å²) in [4.78, 5) is 8.24. The van der Waals surface area contributed by atoms with Gasteiger partial charge in [-0.1, -0.05) is 0 Å². The Bertz CT molecular complexity index is 848. The van der Waals surface area contributed by atoms with Crippen molar-refractivity contribution in [2.75, 3.05) is 19.5 Å². The van der Waals surface area contributed by atoms with Gasteiger partial charge in [0, 0.05) is 31.0 Å². The lowest BCUT2D eigenvalue weighted by Crippen LogP contribution is -2.41. The molecule has 0 radical (unpaired) electrons. The zero-order chi connectivity index (χ0) is 20.1. The lowest BCUT2D eigenvalue weighted by Gasteiger charge is -2.30. The van der Waals surface area contributed by atoms with Crippen molar-refractivity contribution in [3.05, 3.63) is 53.4 Å². The predicted octanol–water partition coefficient (Wildman–Crippen LogP) is 4.39. The van der Waals surface area contributed by atoms with Gasteiger partial charge in [0.2, 0.25) is 0 Å². The highest BCUT2D eigenvalue weighted by Gasteiger charge is 2.25. The van der Waals surface area contributed by atoms with Crippen LogP contribution in [-0.4, -0.2) is 31.1 Å². The number of pyridine rings is 1. The van der Waals surface area contributed by atoms with Crippen LogP contribution in [0.5, 0.6) is 5.75 Å². The Labute approximate surface area is 164 Å². The fourth-order valence-electron chi connectivity index (χ4n) is 3.66. The summed E-state index contributed by atoms with van der Waals surface area (Å²) in [7, 11) is 3.11. The lowest BCUT2D eigenvalue weighted by atomic mass is 9.81. The minimum Gasteiger partial charge on any atom is -0.494 e. The van der Waals surface area contributed by atoms with Gasteiger partial charge >= 0.3 is 0 Å². The highest BCUT2D eigenvalue weighted by Crippen LogP contribution is 2.34. The Kier molecular flexibility index (Phi) is 6.44. The molecule has 0 bridgehead atoms. The Morgan fingerprint density at radius 2 is 1.93 bits per heavy atom. The lowest BCUT2D eigenvalue weighted by molar-refractivity contribution is 0.366. The molecule has 150 valence electrons. The third kappa shape index (κ3) is 4.58. The summed E-state index contributed by atoms with van der Waals surface area (Å²) in [5.74, 6) is 0.380. The number of methoxy groups -OCH3 is 1. The molecule has 1 saturated carbocycles. The van der Waals surface area contributed by atoms with Crippen LogP contribution in [0.4, 0.5) is 14.5 Å². The van der Waals surface area contributed by atoms with Crippen LogP contribution in [0.2, 0.25) is 0 Å². The van der Waals surface area contributed by atoms with Crippen LogP contribution in [0.3, 0.4) is 0 Å². The van der Waals surface area contributed by atoms with E-state index in [4.69, 9.17) is 4.74 Å². The SMILES string of the molecule is CN=C(Nc1ccc(OC)c(F)c1)NC1CCC(c2ccnc(C)c2F)CC1. The van der Waals surface area contributed by atoms with E-state index in [-0.39, 0.29) is 23.5 Å². The van der Waals surface area contributed by atoms with Gasteiger partial charge in [-0.2, -0.15) is 0 Å². The number of rotatable bonds is 4. The zero-order valence-corrected chi connectivity index (χ0v) is 16.4. The maximum absolute atomic E-state index is 14.3. The van der Waals surface area contributed by atoms with E-state index in [0.717, 1.165) is 31.2 Å². The van der Waals surface area contributed by atoms with Gasteiger partial charge in [-0.3, -0.25) is 9.98 Å². The van der Waals surface area contributed by atoms with E-state index in [1.807, 2.05) is 0 Å². The Hall–Kier alpha value is -2.70. The smallest absolute Gasteiger partial charge is 0.195 e. The molecule has 0 saturated heterocycles. The van der Waals surface area contributed by atoms with Gasteiger partial charge in [0.1, 0.15) is 5.82 Å². The molecule has 7 heteroatoms. The van der Waals surface area contributed by atoms with Crippen molar-refractivity contribution in [2.24, 2.45) is 4.99 Å². The minimum atomic E-state index is -0.432. The standard InChI is InChI=1S/C21H26F2N4O/c1-13-20(23)17(10-11-25-13)14-4-6-15(7-5-14)26-21(24-2)27-16-8-9-19(28-3)18(22)12-16/h8-12,14-15H,4-7H2,1-3H3,(H2,24,26,27). The summed E-state index contributed by atoms with van der Waals surface area (Å²) in [6.45, 7) is 1.70. The van der Waals surface area contributed by atoms with Gasteiger partial charge in [0.25, 0.3) is 0 Å². The van der Waals surface area contributed by atoms with Crippen LogP contribution in [-0.2, 0) is 0 Å². The molecule has 0 amide bonds. The first kappa shape index (κ1) is 20.0. The number of nitrogens with zero attached hydrogens (tertiary/aromatic N) is 2. The second-order valence-electron chi connectivity index (χ2n) is 7.04. The van der Waals surface area contributed by atoms with Gasteiger partial charge in [0.05, 0.1) is 12.8 Å². The Morgan fingerprint density at radius 3 is 2.57 bits per heavy atom. The molecular formula is C21H26F2N4O. The van der Waals surface area contributed by atoms with Gasteiger partial charge in [0.15, 0.2) is 17.5 Å². The minimum absolute atomic E-state index is 0.182. The first-order valence-electron chi connectivity index (χ1n) is 9.46. The van der Waals surface area contributed by atoms with Gasteiger partial charge in [-0.15, -0.1) is 0 Å². The number of anilines is 1. The molecule has 0 atom stereocenters. The zero-order valence-electron chi connectivity index (χ0n) is 16.4. The quantitative estimate of drug-likeness (QED) is 0.602. The van der Waals surface area contributed by atoms with Crippen molar-refractivity contribution in [3.8, 4) is 5.75 Å². The van der Waals surface area contributed by atoms with E-state index in [2.05, 4.69) is 20.6 Å². The molecule has 2 N–H and O–H groups in total. The molecule has 1 aromatic carbocycles. The van der Waals surface area contributed by atoms with Crippen LogP contribution in [0.15, 0.2) is 35.5 Å². The molecule has 28 heavy (non-hydrogen) atoms. The van der Waals surface area contributed by atoms with Crippen LogP contribution < -0.4 is 15.4 Å². The van der Waals surface area contributed by atoms with E-state index in [0.29, 0.717) is 17.3 Å². The molecule has 0 aliphatic heterocycles. The number of ether oxygens (including phenoxy) is 1. The van der Waals surface area contributed by atoms with E-state index in [1.165, 1.54) is 13.2 Å². The number of aromatic nitrogens is 1. The number of hydrogen-bond acceptors (Lipinski definition) is 3. The molecule has 1 heterocycles. The molecule has 2 aromatic rings. The van der Waals surface area contributed by atoms with E-state index >= 15 is 0 Å². The number of guanidine groups is 1. The fraction of sp³-hybridized carbons (Fsp3) is 0.429. The normalized spacial score (nSPS) is 20.0. The molecule has 1 aliphatic carbocycles. The number of aliphatic imine (C=N–C) groups is 1. The maximum Gasteiger partial charge on any atom is 0.195 e. The van der Waals surface area contributed by atoms with Crippen molar-refractivity contribution in [2.45, 2.75) is 44.6 Å². The van der Waals surface area contributed by atoms with Crippen molar-refractivity contribution < 1.29 is 13.5 Å². The highest BCUT2D eigenvalue weighted by atomic mass is 19.1. The Balaban J connectivity index is 1.57. The van der Waals surface area contributed by atoms with Gasteiger partial charge in [-0.25, -0.2) is 8.78 Å². The molecule has 1 aromatic heterocycles. The predicted molar refractivity (Wildman–Crippen MR) is 107 cm³/mol.